The van der Waals surface area contributed by atoms with Gasteiger partial charge in [0.2, 0.25) is 0 Å². The highest BCUT2D eigenvalue weighted by Gasteiger charge is 2.26. The van der Waals surface area contributed by atoms with Crippen molar-refractivity contribution in [3.8, 4) is 0 Å². The van der Waals surface area contributed by atoms with Gasteiger partial charge in [-0.05, 0) is 31.2 Å². The Bertz CT molecular complexity index is 530. The number of carbonyl (C=O) groups is 1. The van der Waals surface area contributed by atoms with Crippen molar-refractivity contribution >= 4 is 17.3 Å². The van der Waals surface area contributed by atoms with Crippen molar-refractivity contribution in [1.29, 1.82) is 0 Å². The lowest BCUT2D eigenvalue weighted by Gasteiger charge is -2.28. The zero-order valence-corrected chi connectivity index (χ0v) is 11.4. The van der Waals surface area contributed by atoms with E-state index in [1.54, 1.807) is 0 Å². The summed E-state index contributed by atoms with van der Waals surface area (Å²) in [6.07, 6.45) is 3.92. The maximum atomic E-state index is 12.1. The minimum atomic E-state index is -0.579. The van der Waals surface area contributed by atoms with Crippen molar-refractivity contribution < 1.29 is 14.5 Å². The zero-order valence-electron chi connectivity index (χ0n) is 11.4. The highest BCUT2D eigenvalue weighted by Crippen LogP contribution is 2.28. The number of hydrogen-bond acceptors (Lipinski definition) is 5. The molecule has 2 atom stereocenters. The highest BCUT2D eigenvalue weighted by molar-refractivity contribution is 5.96. The van der Waals surface area contributed by atoms with Crippen LogP contribution in [-0.2, 0) is 4.74 Å². The van der Waals surface area contributed by atoms with Gasteiger partial charge in [-0.2, -0.15) is 0 Å². The van der Waals surface area contributed by atoms with E-state index < -0.39 is 10.9 Å². The van der Waals surface area contributed by atoms with Crippen LogP contribution in [0.1, 0.15) is 43.0 Å². The van der Waals surface area contributed by atoms with E-state index in [4.69, 9.17) is 10.5 Å². The van der Waals surface area contributed by atoms with E-state index in [0.717, 1.165) is 25.7 Å². The Kier molecular flexibility index (Phi) is 4.22. The topological polar surface area (TPSA) is 95.5 Å². The molecule has 0 aromatic heterocycles. The summed E-state index contributed by atoms with van der Waals surface area (Å²) < 4.78 is 5.46. The summed E-state index contributed by atoms with van der Waals surface area (Å²) in [5.41, 5.74) is 5.81. The van der Waals surface area contributed by atoms with Gasteiger partial charge in [0.1, 0.15) is 6.10 Å². The minimum Gasteiger partial charge on any atom is -0.458 e. The van der Waals surface area contributed by atoms with E-state index in [-0.39, 0.29) is 23.0 Å². The fraction of sp³-hybridized carbons (Fsp3) is 0.500. The van der Waals surface area contributed by atoms with Crippen LogP contribution in [0.25, 0.3) is 0 Å². The van der Waals surface area contributed by atoms with Gasteiger partial charge in [0.05, 0.1) is 10.5 Å². The molecule has 20 heavy (non-hydrogen) atoms. The van der Waals surface area contributed by atoms with Gasteiger partial charge >= 0.3 is 5.97 Å². The molecule has 0 spiro atoms. The van der Waals surface area contributed by atoms with Crippen LogP contribution in [0.4, 0.5) is 11.4 Å². The van der Waals surface area contributed by atoms with Gasteiger partial charge in [0.15, 0.2) is 0 Å². The maximum Gasteiger partial charge on any atom is 0.340 e. The van der Waals surface area contributed by atoms with E-state index in [0.29, 0.717) is 5.92 Å². The second-order valence-electron chi connectivity index (χ2n) is 5.23. The summed E-state index contributed by atoms with van der Waals surface area (Å²) in [4.78, 5) is 22.3. The number of nitrogens with two attached hydrogens (primary N) is 1. The van der Waals surface area contributed by atoms with Crippen molar-refractivity contribution in [1.82, 2.24) is 0 Å². The first-order chi connectivity index (χ1) is 9.49. The predicted molar refractivity (Wildman–Crippen MR) is 74.3 cm³/mol. The number of non-ortho nitro benzene ring substituents is 1. The van der Waals surface area contributed by atoms with Crippen LogP contribution in [0.15, 0.2) is 18.2 Å². The zero-order chi connectivity index (χ0) is 14.7. The Morgan fingerprint density at radius 1 is 1.40 bits per heavy atom. The van der Waals surface area contributed by atoms with Crippen LogP contribution in [0.5, 0.6) is 0 Å². The molecule has 2 rings (SSSR count). The minimum absolute atomic E-state index is 0.0666. The smallest absolute Gasteiger partial charge is 0.340 e. The molecule has 1 aliphatic carbocycles. The first kappa shape index (κ1) is 14.3. The van der Waals surface area contributed by atoms with Gasteiger partial charge in [0.25, 0.3) is 5.69 Å². The van der Waals surface area contributed by atoms with Crippen LogP contribution in [0, 0.1) is 16.0 Å². The van der Waals surface area contributed by atoms with E-state index >= 15 is 0 Å². The monoisotopic (exact) mass is 278 g/mol. The summed E-state index contributed by atoms with van der Waals surface area (Å²) >= 11 is 0. The maximum absolute atomic E-state index is 12.1. The number of carbonyl (C=O) groups excluding carboxylic acids is 1. The molecule has 1 fully saturated rings. The number of rotatable bonds is 3. The van der Waals surface area contributed by atoms with Crippen molar-refractivity contribution in [2.45, 2.75) is 38.7 Å². The number of benzene rings is 1. The standard InChI is InChI=1S/C14H18N2O4/c1-9-4-2-3-5-13(9)20-14(17)11-8-10(16(18)19)6-7-12(11)15/h6-9,13H,2-5,15H2,1H3. The molecule has 0 saturated heterocycles. The number of hydrogen-bond donors (Lipinski definition) is 1. The van der Waals surface area contributed by atoms with Gasteiger partial charge in [-0.25, -0.2) is 4.79 Å². The molecule has 0 bridgehead atoms. The molecule has 0 radical (unpaired) electrons. The number of anilines is 1. The first-order valence-electron chi connectivity index (χ1n) is 6.74. The normalized spacial score (nSPS) is 22.2. The lowest BCUT2D eigenvalue weighted by molar-refractivity contribution is -0.384. The van der Waals surface area contributed by atoms with Gasteiger partial charge in [-0.3, -0.25) is 10.1 Å². The SMILES string of the molecule is CC1CCCCC1OC(=O)c1cc([N+](=O)[O-])ccc1N. The Hall–Kier alpha value is -2.11. The molecule has 0 aliphatic heterocycles. The van der Waals surface area contributed by atoms with E-state index in [1.807, 2.05) is 6.92 Å². The Labute approximate surface area is 117 Å². The molecular weight excluding hydrogens is 260 g/mol. The summed E-state index contributed by atoms with van der Waals surface area (Å²) in [6, 6.07) is 3.81. The molecule has 6 nitrogen and oxygen atoms in total. The molecule has 1 aromatic rings. The lowest BCUT2D eigenvalue weighted by atomic mass is 9.88. The van der Waals surface area contributed by atoms with Crippen LogP contribution in [0.3, 0.4) is 0 Å². The number of nitro groups is 1. The first-order valence-corrected chi connectivity index (χ1v) is 6.74. The van der Waals surface area contributed by atoms with Crippen molar-refractivity contribution in [3.63, 3.8) is 0 Å². The predicted octanol–water partition coefficient (Wildman–Crippen LogP) is 2.91. The molecule has 6 heteroatoms. The van der Waals surface area contributed by atoms with Crippen molar-refractivity contribution in [2.24, 2.45) is 5.92 Å². The summed E-state index contributed by atoms with van der Waals surface area (Å²) in [6.45, 7) is 2.05. The molecule has 1 saturated carbocycles. The Morgan fingerprint density at radius 2 is 2.10 bits per heavy atom. The van der Waals surface area contributed by atoms with Gasteiger partial charge in [-0.1, -0.05) is 13.3 Å². The molecule has 2 N–H and O–H groups in total. The molecule has 1 aromatic carbocycles. The molecule has 108 valence electrons. The quantitative estimate of drug-likeness (QED) is 0.397. The average Bonchev–Trinajstić information content (AvgIpc) is 2.41. The van der Waals surface area contributed by atoms with E-state index in [9.17, 15) is 14.9 Å². The number of ether oxygens (including phenoxy) is 1. The third kappa shape index (κ3) is 3.07. The van der Waals surface area contributed by atoms with Crippen molar-refractivity contribution in [3.05, 3.63) is 33.9 Å². The van der Waals surface area contributed by atoms with Crippen LogP contribution in [0.2, 0.25) is 0 Å². The van der Waals surface area contributed by atoms with Gasteiger partial charge in [-0.15, -0.1) is 0 Å². The van der Waals surface area contributed by atoms with Crippen LogP contribution >= 0.6 is 0 Å². The lowest BCUT2D eigenvalue weighted by Crippen LogP contribution is -2.28. The molecule has 2 unspecified atom stereocenters. The number of esters is 1. The number of nitrogens with zero attached hydrogens (tertiary/aromatic N) is 1. The van der Waals surface area contributed by atoms with Gasteiger partial charge < -0.3 is 10.5 Å². The molecular formula is C14H18N2O4. The Balaban J connectivity index is 2.16. The second-order valence-corrected chi connectivity index (χ2v) is 5.23. The molecule has 0 amide bonds. The van der Waals surface area contributed by atoms with Crippen molar-refractivity contribution in [2.75, 3.05) is 5.73 Å². The van der Waals surface area contributed by atoms with Gasteiger partial charge in [0, 0.05) is 17.8 Å². The summed E-state index contributed by atoms with van der Waals surface area (Å²) in [5, 5.41) is 10.7. The second kappa shape index (κ2) is 5.90. The third-order valence-electron chi connectivity index (χ3n) is 3.76. The highest BCUT2D eigenvalue weighted by atomic mass is 16.6. The fourth-order valence-electron chi connectivity index (χ4n) is 2.49. The van der Waals surface area contributed by atoms with Crippen LogP contribution < -0.4 is 5.73 Å². The van der Waals surface area contributed by atoms with Crippen LogP contribution in [-0.4, -0.2) is 17.0 Å². The fourth-order valence-corrected chi connectivity index (χ4v) is 2.49. The Morgan fingerprint density at radius 3 is 2.75 bits per heavy atom. The number of nitrogen functional groups attached to an aromatic ring is 1. The summed E-state index contributed by atoms with van der Waals surface area (Å²) in [5.74, 6) is -0.266. The molecule has 0 heterocycles. The average molecular weight is 278 g/mol. The summed E-state index contributed by atoms with van der Waals surface area (Å²) in [7, 11) is 0. The largest absolute Gasteiger partial charge is 0.458 e. The number of nitro benzene ring substituents is 1. The van der Waals surface area contributed by atoms with E-state index in [2.05, 4.69) is 0 Å². The molecule has 1 aliphatic rings. The third-order valence-corrected chi connectivity index (χ3v) is 3.76. The van der Waals surface area contributed by atoms with E-state index in [1.165, 1.54) is 18.2 Å².